The lowest BCUT2D eigenvalue weighted by atomic mass is 10.1. The molecule has 0 aromatic heterocycles. The summed E-state index contributed by atoms with van der Waals surface area (Å²) in [6.45, 7) is -2.94. The van der Waals surface area contributed by atoms with Gasteiger partial charge in [-0.1, -0.05) is 6.07 Å². The number of para-hydroxylation sites is 1. The second-order valence-corrected chi connectivity index (χ2v) is 4.00. The van der Waals surface area contributed by atoms with Crippen molar-refractivity contribution in [3.8, 4) is 5.75 Å². The van der Waals surface area contributed by atoms with Gasteiger partial charge in [0, 0.05) is 5.69 Å². The Labute approximate surface area is 117 Å². The fourth-order valence-electron chi connectivity index (χ4n) is 1.69. The Hall–Kier alpha value is -2.70. The van der Waals surface area contributed by atoms with Crippen LogP contribution in [0.15, 0.2) is 42.5 Å². The summed E-state index contributed by atoms with van der Waals surface area (Å²) in [7, 11) is 0. The number of rotatable bonds is 5. The van der Waals surface area contributed by atoms with Gasteiger partial charge in [-0.05, 0) is 36.4 Å². The summed E-state index contributed by atoms with van der Waals surface area (Å²) in [4.78, 5) is 11.0. The van der Waals surface area contributed by atoms with Gasteiger partial charge in [-0.15, -0.1) is 0 Å². The van der Waals surface area contributed by atoms with Crippen molar-refractivity contribution in [2.45, 2.75) is 6.61 Å². The van der Waals surface area contributed by atoms with Crippen LogP contribution in [0.1, 0.15) is 10.4 Å². The predicted molar refractivity (Wildman–Crippen MR) is 69.7 cm³/mol. The summed E-state index contributed by atoms with van der Waals surface area (Å²) >= 11 is 0. The van der Waals surface area contributed by atoms with Gasteiger partial charge >= 0.3 is 12.6 Å². The van der Waals surface area contributed by atoms with E-state index in [1.54, 1.807) is 0 Å². The molecule has 4 nitrogen and oxygen atoms in total. The molecule has 2 aromatic carbocycles. The normalized spacial score (nSPS) is 10.5. The second-order valence-electron chi connectivity index (χ2n) is 4.00. The lowest BCUT2D eigenvalue weighted by Gasteiger charge is -2.11. The van der Waals surface area contributed by atoms with Gasteiger partial charge in [-0.2, -0.15) is 8.78 Å². The molecule has 2 aromatic rings. The number of carbonyl (C=O) groups is 1. The molecule has 0 fully saturated rings. The average molecular weight is 297 g/mol. The van der Waals surface area contributed by atoms with Crippen LogP contribution < -0.4 is 10.1 Å². The summed E-state index contributed by atoms with van der Waals surface area (Å²) in [5, 5.41) is 11.6. The van der Waals surface area contributed by atoms with E-state index >= 15 is 0 Å². The first-order valence-electron chi connectivity index (χ1n) is 5.81. The number of nitrogens with one attached hydrogen (secondary N) is 1. The van der Waals surface area contributed by atoms with Crippen LogP contribution >= 0.6 is 0 Å². The number of halogens is 3. The van der Waals surface area contributed by atoms with Gasteiger partial charge < -0.3 is 15.2 Å². The largest absolute Gasteiger partial charge is 0.478 e. The number of hydrogen-bond acceptors (Lipinski definition) is 3. The number of aromatic carboxylic acids is 1. The van der Waals surface area contributed by atoms with E-state index in [4.69, 9.17) is 5.11 Å². The molecule has 0 saturated carbocycles. The molecule has 0 saturated heterocycles. The van der Waals surface area contributed by atoms with Crippen LogP contribution in [0.5, 0.6) is 5.75 Å². The number of hydrogen-bond donors (Lipinski definition) is 2. The lowest BCUT2D eigenvalue weighted by molar-refractivity contribution is -0.0498. The monoisotopic (exact) mass is 297 g/mol. The van der Waals surface area contributed by atoms with Crippen LogP contribution in [-0.4, -0.2) is 17.7 Å². The fourth-order valence-corrected chi connectivity index (χ4v) is 1.69. The molecular weight excluding hydrogens is 287 g/mol. The third-order valence-electron chi connectivity index (χ3n) is 2.59. The van der Waals surface area contributed by atoms with E-state index in [0.717, 1.165) is 6.07 Å². The Morgan fingerprint density at radius 2 is 1.81 bits per heavy atom. The first-order valence-corrected chi connectivity index (χ1v) is 5.81. The van der Waals surface area contributed by atoms with Gasteiger partial charge in [0.1, 0.15) is 11.6 Å². The maximum atomic E-state index is 13.7. The molecule has 0 aliphatic rings. The number of carboxylic acids is 1. The molecule has 0 unspecified atom stereocenters. The lowest BCUT2D eigenvalue weighted by Crippen LogP contribution is -2.05. The van der Waals surface area contributed by atoms with E-state index < -0.39 is 18.4 Å². The van der Waals surface area contributed by atoms with E-state index in [2.05, 4.69) is 10.1 Å². The first kappa shape index (κ1) is 14.7. The van der Waals surface area contributed by atoms with Gasteiger partial charge in [0.15, 0.2) is 0 Å². The van der Waals surface area contributed by atoms with Crippen molar-refractivity contribution in [2.75, 3.05) is 5.32 Å². The van der Waals surface area contributed by atoms with Crippen molar-refractivity contribution >= 4 is 17.3 Å². The van der Waals surface area contributed by atoms with Crippen molar-refractivity contribution in [3.05, 3.63) is 53.8 Å². The zero-order valence-electron chi connectivity index (χ0n) is 10.5. The average Bonchev–Trinajstić information content (AvgIpc) is 2.42. The molecule has 0 amide bonds. The number of anilines is 2. The Bertz CT molecular complexity index is 644. The van der Waals surface area contributed by atoms with Gasteiger partial charge in [-0.25, -0.2) is 9.18 Å². The van der Waals surface area contributed by atoms with Gasteiger partial charge in [0.25, 0.3) is 0 Å². The highest BCUT2D eigenvalue weighted by atomic mass is 19.3. The SMILES string of the molecule is O=C(O)c1cccc(F)c1Nc1ccc(OC(F)F)cc1. The second kappa shape index (κ2) is 6.17. The van der Waals surface area contributed by atoms with Crippen molar-refractivity contribution in [1.29, 1.82) is 0 Å². The third kappa shape index (κ3) is 3.65. The van der Waals surface area contributed by atoms with Crippen LogP contribution in [0.3, 0.4) is 0 Å². The highest BCUT2D eigenvalue weighted by Gasteiger charge is 2.14. The van der Waals surface area contributed by atoms with Crippen molar-refractivity contribution < 1.29 is 27.8 Å². The summed E-state index contributed by atoms with van der Waals surface area (Å²) in [5.74, 6) is -2.07. The molecule has 0 spiro atoms. The zero-order chi connectivity index (χ0) is 15.4. The molecule has 21 heavy (non-hydrogen) atoms. The highest BCUT2D eigenvalue weighted by Crippen LogP contribution is 2.26. The summed E-state index contributed by atoms with van der Waals surface area (Å²) in [6, 6.07) is 8.91. The number of benzene rings is 2. The Morgan fingerprint density at radius 1 is 1.14 bits per heavy atom. The van der Waals surface area contributed by atoms with Crippen molar-refractivity contribution in [2.24, 2.45) is 0 Å². The maximum Gasteiger partial charge on any atom is 0.387 e. The molecule has 0 bridgehead atoms. The molecule has 0 radical (unpaired) electrons. The standard InChI is InChI=1S/C14H10F3NO3/c15-11-3-1-2-10(13(19)20)12(11)18-8-4-6-9(7-5-8)21-14(16)17/h1-7,14,18H,(H,19,20). The fraction of sp³-hybridized carbons (Fsp3) is 0.0714. The molecule has 0 aliphatic heterocycles. The van der Waals surface area contributed by atoms with Gasteiger partial charge in [0.2, 0.25) is 0 Å². The topological polar surface area (TPSA) is 58.6 Å². The molecule has 110 valence electrons. The van der Waals surface area contributed by atoms with E-state index in [9.17, 15) is 18.0 Å². The number of carboxylic acid groups (broad SMARTS) is 1. The summed E-state index contributed by atoms with van der Waals surface area (Å²) in [5.41, 5.74) is -0.0975. The zero-order valence-corrected chi connectivity index (χ0v) is 10.5. The molecule has 0 heterocycles. The Kier molecular flexibility index (Phi) is 4.32. The van der Waals surface area contributed by atoms with Gasteiger partial charge in [-0.3, -0.25) is 0 Å². The summed E-state index contributed by atoms with van der Waals surface area (Å²) < 4.78 is 41.9. The van der Waals surface area contributed by atoms with Crippen LogP contribution in [0.2, 0.25) is 0 Å². The highest BCUT2D eigenvalue weighted by molar-refractivity contribution is 5.95. The van der Waals surface area contributed by atoms with Crippen LogP contribution in [0, 0.1) is 5.82 Å². The molecule has 2 N–H and O–H groups in total. The smallest absolute Gasteiger partial charge is 0.387 e. The Morgan fingerprint density at radius 3 is 2.38 bits per heavy atom. The quantitative estimate of drug-likeness (QED) is 0.879. The number of alkyl halides is 2. The molecule has 7 heteroatoms. The van der Waals surface area contributed by atoms with Crippen LogP contribution in [0.4, 0.5) is 24.5 Å². The molecule has 2 rings (SSSR count). The van der Waals surface area contributed by atoms with Crippen molar-refractivity contribution in [3.63, 3.8) is 0 Å². The van der Waals surface area contributed by atoms with E-state index in [1.165, 1.54) is 36.4 Å². The van der Waals surface area contributed by atoms with E-state index in [0.29, 0.717) is 5.69 Å². The first-order chi connectivity index (χ1) is 9.97. The van der Waals surface area contributed by atoms with E-state index in [-0.39, 0.29) is 17.0 Å². The van der Waals surface area contributed by atoms with E-state index in [1.807, 2.05) is 0 Å². The Balaban J connectivity index is 2.24. The minimum absolute atomic E-state index is 0.0532. The van der Waals surface area contributed by atoms with Crippen LogP contribution in [-0.2, 0) is 0 Å². The van der Waals surface area contributed by atoms with Crippen molar-refractivity contribution in [1.82, 2.24) is 0 Å². The molecular formula is C14H10F3NO3. The van der Waals surface area contributed by atoms with Gasteiger partial charge in [0.05, 0.1) is 11.3 Å². The molecule has 0 atom stereocenters. The number of ether oxygens (including phenoxy) is 1. The minimum atomic E-state index is -2.94. The third-order valence-corrected chi connectivity index (χ3v) is 2.59. The summed E-state index contributed by atoms with van der Waals surface area (Å²) in [6.07, 6.45) is 0. The minimum Gasteiger partial charge on any atom is -0.478 e. The molecule has 0 aliphatic carbocycles. The van der Waals surface area contributed by atoms with Crippen LogP contribution in [0.25, 0.3) is 0 Å². The predicted octanol–water partition coefficient (Wildman–Crippen LogP) is 3.87. The maximum absolute atomic E-state index is 13.7.